The van der Waals surface area contributed by atoms with Gasteiger partial charge < -0.3 is 5.11 Å². The van der Waals surface area contributed by atoms with Crippen molar-refractivity contribution in [2.24, 2.45) is 11.3 Å². The van der Waals surface area contributed by atoms with E-state index in [1.807, 2.05) is 0 Å². The number of Topliss-reactive ketones (excluding diaryl/α,β-unsaturated/α-hetero) is 1. The third kappa shape index (κ3) is 13.1. The van der Waals surface area contributed by atoms with E-state index in [9.17, 15) is 9.90 Å². The molecule has 0 aromatic carbocycles. The minimum absolute atomic E-state index is 0.0434. The zero-order valence-corrected chi connectivity index (χ0v) is 25.0. The number of unbranched alkanes of at least 4 members (excludes halogenated alkanes) is 3. The van der Waals surface area contributed by atoms with Crippen molar-refractivity contribution in [1.82, 2.24) is 0 Å². The maximum absolute atomic E-state index is 11.2. The molecule has 1 saturated carbocycles. The van der Waals surface area contributed by atoms with E-state index in [-0.39, 0.29) is 22.4 Å². The van der Waals surface area contributed by atoms with E-state index >= 15 is 0 Å². The zero-order chi connectivity index (χ0) is 22.5. The fourth-order valence-corrected chi connectivity index (χ4v) is 14.5. The number of rotatable bonds is 11. The van der Waals surface area contributed by atoms with Crippen LogP contribution in [0.15, 0.2) is 0 Å². The number of hydrogen-bond donors (Lipinski definition) is 1. The van der Waals surface area contributed by atoms with Crippen LogP contribution in [0.25, 0.3) is 0 Å². The fraction of sp³-hybridized carbons (Fsp3) is 0.960. The van der Waals surface area contributed by atoms with Gasteiger partial charge in [-0.3, -0.25) is 4.79 Å². The summed E-state index contributed by atoms with van der Waals surface area (Å²) in [5.41, 5.74) is -0.544. The van der Waals surface area contributed by atoms with Crippen LogP contribution in [-0.4, -0.2) is 41.1 Å². The molecule has 1 N–H and O–H groups in total. The Morgan fingerprint density at radius 2 is 1.48 bits per heavy atom. The molecule has 4 heteroatoms. The van der Waals surface area contributed by atoms with Crippen molar-refractivity contribution in [2.45, 2.75) is 136 Å². The number of hydrogen-bond acceptors (Lipinski definition) is 2. The van der Waals surface area contributed by atoms with Crippen LogP contribution in [0.2, 0.25) is 13.3 Å². The van der Waals surface area contributed by atoms with Crippen LogP contribution < -0.4 is 0 Å². The van der Waals surface area contributed by atoms with Crippen molar-refractivity contribution in [3.8, 4) is 0 Å². The summed E-state index contributed by atoms with van der Waals surface area (Å²) in [7, 11) is 0. The van der Waals surface area contributed by atoms with Crippen LogP contribution in [0.3, 0.4) is 0 Å². The van der Waals surface area contributed by atoms with E-state index in [1.54, 1.807) is 20.2 Å². The van der Waals surface area contributed by atoms with Crippen LogP contribution in [0, 0.1) is 11.3 Å². The summed E-state index contributed by atoms with van der Waals surface area (Å²) in [5.74, 6) is 0.685. The number of halogens is 1. The molecule has 0 saturated heterocycles. The molecule has 0 bridgehead atoms. The molecular formula is C25H50BrO2Sn. The summed E-state index contributed by atoms with van der Waals surface area (Å²) in [6, 6.07) is 0. The van der Waals surface area contributed by atoms with Gasteiger partial charge in [0.25, 0.3) is 0 Å². The zero-order valence-electron chi connectivity index (χ0n) is 20.6. The third-order valence-corrected chi connectivity index (χ3v) is 16.7. The Kier molecular flexibility index (Phi) is 16.2. The monoisotopic (exact) mass is 581 g/mol. The molecule has 3 atom stereocenters. The summed E-state index contributed by atoms with van der Waals surface area (Å²) >= 11 is 2.73. The molecule has 0 aromatic heterocycles. The van der Waals surface area contributed by atoms with Gasteiger partial charge >= 0.3 is 92.4 Å². The second-order valence-corrected chi connectivity index (χ2v) is 20.0. The summed E-state index contributed by atoms with van der Waals surface area (Å²) < 4.78 is 5.04. The van der Waals surface area contributed by atoms with Crippen molar-refractivity contribution in [3.05, 3.63) is 0 Å². The quantitative estimate of drug-likeness (QED) is 0.197. The van der Waals surface area contributed by atoms with E-state index in [2.05, 4.69) is 57.5 Å². The predicted molar refractivity (Wildman–Crippen MR) is 135 cm³/mol. The molecule has 173 valence electrons. The van der Waals surface area contributed by atoms with Gasteiger partial charge in [0.15, 0.2) is 0 Å². The van der Waals surface area contributed by atoms with Gasteiger partial charge in [-0.2, -0.15) is 0 Å². The molecule has 2 nitrogen and oxygen atoms in total. The molecule has 1 radical (unpaired) electrons. The molecule has 0 heterocycles. The van der Waals surface area contributed by atoms with Gasteiger partial charge in [0, 0.05) is 11.2 Å². The first-order valence-corrected chi connectivity index (χ1v) is 19.2. The van der Waals surface area contributed by atoms with E-state index in [4.69, 9.17) is 0 Å². The first-order valence-electron chi connectivity index (χ1n) is 12.2. The SMILES string of the molecule is CC(=O)C[C@@]1(O)CC[C@H](C(C)(C)C)C[C@@H]1Br.CCC[CH2][Sn]([CH2]CCC)[CH2]CCC. The molecule has 29 heavy (non-hydrogen) atoms. The third-order valence-electron chi connectivity index (χ3n) is 6.43. The second kappa shape index (κ2) is 15.7. The molecule has 0 unspecified atom stereocenters. The molecule has 0 amide bonds. The van der Waals surface area contributed by atoms with E-state index < -0.39 is 25.4 Å². The first-order chi connectivity index (χ1) is 13.5. The average Bonchev–Trinajstić information content (AvgIpc) is 2.62. The van der Waals surface area contributed by atoms with Gasteiger partial charge in [0.05, 0.1) is 5.60 Å². The van der Waals surface area contributed by atoms with Crippen LogP contribution in [0.4, 0.5) is 0 Å². The Balaban J connectivity index is 0.000000555. The van der Waals surface area contributed by atoms with Crippen LogP contribution in [0.1, 0.15) is 113 Å². The van der Waals surface area contributed by atoms with Crippen LogP contribution >= 0.6 is 15.9 Å². The van der Waals surface area contributed by atoms with Gasteiger partial charge in [-0.25, -0.2) is 0 Å². The Bertz CT molecular complexity index is 416. The van der Waals surface area contributed by atoms with Crippen molar-refractivity contribution in [1.29, 1.82) is 0 Å². The second-order valence-electron chi connectivity index (χ2n) is 10.3. The topological polar surface area (TPSA) is 37.3 Å². The molecule has 1 aliphatic carbocycles. The maximum atomic E-state index is 11.2. The number of ketones is 1. The molecule has 0 aliphatic heterocycles. The van der Waals surface area contributed by atoms with Crippen molar-refractivity contribution >= 4 is 41.5 Å². The summed E-state index contributed by atoms with van der Waals surface area (Å²) in [4.78, 5) is 11.2. The molecule has 0 aromatic rings. The standard InChI is InChI=1S/C13H23BrO2.3C4H9.Sn/c1-9(15)8-13(16)6-5-10(7-11(13)14)12(2,3)4;3*1-3-4-2;/h10-11,16H,5-8H2,1-4H3;3*1,3-4H2,2H3;/t10-,11-,13-;;;;/m0..../s1. The summed E-state index contributed by atoms with van der Waals surface area (Å²) in [5, 5.41) is 10.4. The molecule has 1 rings (SSSR count). The van der Waals surface area contributed by atoms with Crippen molar-refractivity contribution in [2.75, 3.05) is 0 Å². The first kappa shape index (κ1) is 29.9. The van der Waals surface area contributed by atoms with E-state index in [1.165, 1.54) is 38.5 Å². The molecular weight excluding hydrogens is 531 g/mol. The van der Waals surface area contributed by atoms with Crippen molar-refractivity contribution in [3.63, 3.8) is 0 Å². The summed E-state index contributed by atoms with van der Waals surface area (Å²) in [6.07, 6.45) is 11.8. The van der Waals surface area contributed by atoms with Crippen LogP contribution in [0.5, 0.6) is 0 Å². The Hall–Kier alpha value is 0.909. The molecule has 1 aliphatic rings. The van der Waals surface area contributed by atoms with Crippen molar-refractivity contribution < 1.29 is 9.90 Å². The van der Waals surface area contributed by atoms with Crippen LogP contribution in [-0.2, 0) is 4.79 Å². The average molecular weight is 581 g/mol. The van der Waals surface area contributed by atoms with Gasteiger partial charge in [-0.1, -0.05) is 36.7 Å². The Morgan fingerprint density at radius 3 is 1.79 bits per heavy atom. The van der Waals surface area contributed by atoms with Gasteiger partial charge in [0.2, 0.25) is 0 Å². The predicted octanol–water partition coefficient (Wildman–Crippen LogP) is 8.19. The fourth-order valence-electron chi connectivity index (χ4n) is 4.24. The number of carbonyl (C=O) groups excluding carboxylic acids is 1. The minimum atomic E-state index is -0.839. The van der Waals surface area contributed by atoms with E-state index in [0.29, 0.717) is 5.92 Å². The number of alkyl halides is 1. The van der Waals surface area contributed by atoms with Gasteiger partial charge in [-0.05, 0) is 37.5 Å². The Morgan fingerprint density at radius 1 is 1.03 bits per heavy atom. The number of carbonyl (C=O) groups is 1. The van der Waals surface area contributed by atoms with Gasteiger partial charge in [0.1, 0.15) is 5.78 Å². The Labute approximate surface area is 198 Å². The molecule has 0 spiro atoms. The summed E-state index contributed by atoms with van der Waals surface area (Å²) in [6.45, 7) is 15.3. The number of aliphatic hydroxyl groups is 1. The molecule has 1 fully saturated rings. The van der Waals surface area contributed by atoms with E-state index in [0.717, 1.165) is 19.3 Å². The van der Waals surface area contributed by atoms with Gasteiger partial charge in [-0.15, -0.1) is 0 Å². The normalized spacial score (nSPS) is 24.9.